The molecule has 1 aliphatic rings. The molecule has 0 aliphatic heterocycles. The molecule has 12 aromatic carbocycles. The van der Waals surface area contributed by atoms with E-state index in [1.807, 2.05) is 0 Å². The van der Waals surface area contributed by atoms with Gasteiger partial charge in [0, 0.05) is 38.3 Å². The van der Waals surface area contributed by atoms with Crippen LogP contribution in [0, 0.1) is 0 Å². The zero-order valence-corrected chi connectivity index (χ0v) is 39.5. The summed E-state index contributed by atoms with van der Waals surface area (Å²) in [4.78, 5) is 0. The molecule has 332 valence electrons. The van der Waals surface area contributed by atoms with Crippen LogP contribution in [0.5, 0.6) is 0 Å². The lowest BCUT2D eigenvalue weighted by atomic mass is 9.80. The van der Waals surface area contributed by atoms with Crippen LogP contribution in [0.1, 0.15) is 25.0 Å². The molecule has 14 aromatic rings. The first-order valence-electron chi connectivity index (χ1n) is 24.8. The number of nitrogens with zero attached hydrogens (tertiary/aromatic N) is 2. The highest BCUT2D eigenvalue weighted by Crippen LogP contribution is 2.53. The van der Waals surface area contributed by atoms with Crippen LogP contribution in [-0.2, 0) is 5.41 Å². The Bertz CT molecular complexity index is 4450. The molecule has 0 unspecified atom stereocenters. The third-order valence-corrected chi connectivity index (χ3v) is 15.9. The molecule has 0 saturated carbocycles. The molecule has 2 heteroatoms. The molecule has 2 nitrogen and oxygen atoms in total. The Labute approximate surface area is 411 Å². The van der Waals surface area contributed by atoms with Gasteiger partial charge in [0.1, 0.15) is 0 Å². The number of benzene rings is 12. The maximum Gasteiger partial charge on any atom is 0.0541 e. The maximum atomic E-state index is 2.51. The SMILES string of the molecule is CC1(C)c2ccccc2-c2ccc(-c3c4cc(-n5c6ccccc6c6ccccc65)ccc4c(-c4ccccc4-c4ccc5ccccc5c4)c4cc(-n5c6ccccc6c6ccccc65)ccc34)cc21. The van der Waals surface area contributed by atoms with Gasteiger partial charge in [-0.05, 0) is 149 Å². The Morgan fingerprint density at radius 1 is 0.268 bits per heavy atom. The standard InChI is InChI=1S/C69H46N2/c1-69(2)61-26-12-7-20-50(61)51-36-33-46(40-62(51)69)67-57-37-34-48(71-65-29-15-10-23-54(65)55-24-11-16-30-66(55)71)42-60(57)68(56-25-6-5-19-49(56)45-32-31-43-17-3-4-18-44(43)39-45)58-38-35-47(41-59(58)67)70-63-27-13-8-21-52(63)53-22-9-14-28-64(53)70/h3-42H,1-2H3. The minimum absolute atomic E-state index is 0.163. The highest BCUT2D eigenvalue weighted by molar-refractivity contribution is 6.24. The van der Waals surface area contributed by atoms with Crippen LogP contribution in [0.3, 0.4) is 0 Å². The molecule has 2 heterocycles. The molecule has 0 radical (unpaired) electrons. The van der Waals surface area contributed by atoms with Crippen molar-refractivity contribution < 1.29 is 0 Å². The van der Waals surface area contributed by atoms with Crippen molar-refractivity contribution in [1.29, 1.82) is 0 Å². The predicted octanol–water partition coefficient (Wildman–Crippen LogP) is 18.6. The molecular formula is C69H46N2. The number of fused-ring (bicyclic) bond motifs is 12. The first kappa shape index (κ1) is 40.0. The zero-order chi connectivity index (χ0) is 47.0. The number of aromatic nitrogens is 2. The van der Waals surface area contributed by atoms with Crippen molar-refractivity contribution in [3.05, 3.63) is 254 Å². The maximum absolute atomic E-state index is 2.51. The van der Waals surface area contributed by atoms with E-state index < -0.39 is 0 Å². The monoisotopic (exact) mass is 902 g/mol. The fourth-order valence-corrected chi connectivity index (χ4v) is 12.7. The minimum Gasteiger partial charge on any atom is -0.309 e. The first-order chi connectivity index (χ1) is 35.0. The summed E-state index contributed by atoms with van der Waals surface area (Å²) in [5, 5.41) is 12.4. The molecule has 15 rings (SSSR count). The van der Waals surface area contributed by atoms with Crippen LogP contribution < -0.4 is 0 Å². The molecule has 0 saturated heterocycles. The highest BCUT2D eigenvalue weighted by atomic mass is 15.0. The van der Waals surface area contributed by atoms with Gasteiger partial charge in [-0.1, -0.05) is 196 Å². The third-order valence-electron chi connectivity index (χ3n) is 15.9. The van der Waals surface area contributed by atoms with Crippen LogP contribution in [0.4, 0.5) is 0 Å². The van der Waals surface area contributed by atoms with Crippen molar-refractivity contribution >= 4 is 75.9 Å². The summed E-state index contributed by atoms with van der Waals surface area (Å²) in [6.45, 7) is 4.78. The Balaban J connectivity index is 1.10. The fourth-order valence-electron chi connectivity index (χ4n) is 12.7. The molecule has 0 bridgehead atoms. The quantitative estimate of drug-likeness (QED) is 0.152. The summed E-state index contributed by atoms with van der Waals surface area (Å²) in [5.41, 5.74) is 19.6. The topological polar surface area (TPSA) is 9.86 Å². The Morgan fingerprint density at radius 3 is 1.32 bits per heavy atom. The summed E-state index contributed by atoms with van der Waals surface area (Å²) in [7, 11) is 0. The van der Waals surface area contributed by atoms with Crippen LogP contribution in [0.25, 0.3) is 132 Å². The van der Waals surface area contributed by atoms with Crippen molar-refractivity contribution in [1.82, 2.24) is 9.13 Å². The predicted molar refractivity (Wildman–Crippen MR) is 302 cm³/mol. The van der Waals surface area contributed by atoms with Gasteiger partial charge in [-0.15, -0.1) is 0 Å². The number of para-hydroxylation sites is 4. The molecule has 2 aromatic heterocycles. The first-order valence-corrected chi connectivity index (χ1v) is 24.8. The average Bonchev–Trinajstić information content (AvgIpc) is 4.03. The van der Waals surface area contributed by atoms with E-state index in [1.165, 1.54) is 132 Å². The second-order valence-electron chi connectivity index (χ2n) is 20.0. The van der Waals surface area contributed by atoms with Crippen molar-refractivity contribution in [2.75, 3.05) is 0 Å². The van der Waals surface area contributed by atoms with Gasteiger partial charge in [0.05, 0.1) is 22.1 Å². The molecule has 0 amide bonds. The Kier molecular flexibility index (Phi) is 8.45. The van der Waals surface area contributed by atoms with Crippen LogP contribution in [0.15, 0.2) is 243 Å². The van der Waals surface area contributed by atoms with E-state index in [0.29, 0.717) is 0 Å². The largest absolute Gasteiger partial charge is 0.309 e. The molecule has 0 atom stereocenters. The van der Waals surface area contributed by atoms with Gasteiger partial charge >= 0.3 is 0 Å². The number of rotatable bonds is 5. The van der Waals surface area contributed by atoms with Gasteiger partial charge in [0.25, 0.3) is 0 Å². The highest BCUT2D eigenvalue weighted by Gasteiger charge is 2.35. The number of hydrogen-bond acceptors (Lipinski definition) is 0. The van der Waals surface area contributed by atoms with Crippen molar-refractivity contribution in [3.8, 4) is 55.9 Å². The Morgan fingerprint density at radius 2 is 0.718 bits per heavy atom. The summed E-state index contributed by atoms with van der Waals surface area (Å²) < 4.78 is 4.93. The van der Waals surface area contributed by atoms with Gasteiger partial charge in [0.15, 0.2) is 0 Å². The lowest BCUT2D eigenvalue weighted by molar-refractivity contribution is 0.660. The van der Waals surface area contributed by atoms with Crippen LogP contribution in [0.2, 0.25) is 0 Å². The van der Waals surface area contributed by atoms with Crippen LogP contribution >= 0.6 is 0 Å². The number of hydrogen-bond donors (Lipinski definition) is 0. The van der Waals surface area contributed by atoms with Gasteiger partial charge < -0.3 is 9.13 Å². The van der Waals surface area contributed by atoms with Crippen molar-refractivity contribution in [3.63, 3.8) is 0 Å². The van der Waals surface area contributed by atoms with E-state index >= 15 is 0 Å². The molecule has 1 aliphatic carbocycles. The van der Waals surface area contributed by atoms with Crippen molar-refractivity contribution in [2.45, 2.75) is 19.3 Å². The van der Waals surface area contributed by atoms with Gasteiger partial charge in [-0.3, -0.25) is 0 Å². The summed E-state index contributed by atoms with van der Waals surface area (Å²) in [5.74, 6) is 0. The van der Waals surface area contributed by atoms with E-state index in [4.69, 9.17) is 0 Å². The lowest BCUT2D eigenvalue weighted by Gasteiger charge is -2.24. The normalized spacial score (nSPS) is 13.0. The molecular weight excluding hydrogens is 857 g/mol. The van der Waals surface area contributed by atoms with E-state index in [9.17, 15) is 0 Å². The smallest absolute Gasteiger partial charge is 0.0541 e. The second-order valence-corrected chi connectivity index (χ2v) is 20.0. The Hall–Kier alpha value is -8.98. The fraction of sp³-hybridized carbons (Fsp3) is 0.0435. The zero-order valence-electron chi connectivity index (χ0n) is 39.5. The van der Waals surface area contributed by atoms with Gasteiger partial charge in [0.2, 0.25) is 0 Å². The van der Waals surface area contributed by atoms with E-state index in [0.717, 1.165) is 11.4 Å². The minimum atomic E-state index is -0.163. The van der Waals surface area contributed by atoms with Crippen LogP contribution in [-0.4, -0.2) is 9.13 Å². The molecule has 71 heavy (non-hydrogen) atoms. The second kappa shape index (κ2) is 15.0. The van der Waals surface area contributed by atoms with Crippen molar-refractivity contribution in [2.24, 2.45) is 0 Å². The van der Waals surface area contributed by atoms with E-state index in [-0.39, 0.29) is 5.41 Å². The molecule has 0 fully saturated rings. The van der Waals surface area contributed by atoms with Gasteiger partial charge in [-0.25, -0.2) is 0 Å². The molecule has 0 spiro atoms. The lowest BCUT2D eigenvalue weighted by Crippen LogP contribution is -2.14. The molecule has 0 N–H and O–H groups in total. The summed E-state index contributed by atoms with van der Waals surface area (Å²) >= 11 is 0. The summed E-state index contributed by atoms with van der Waals surface area (Å²) in [6, 6.07) is 90.9. The average molecular weight is 903 g/mol. The van der Waals surface area contributed by atoms with Gasteiger partial charge in [-0.2, -0.15) is 0 Å². The third kappa shape index (κ3) is 5.76. The van der Waals surface area contributed by atoms with E-state index in [2.05, 4.69) is 266 Å². The van der Waals surface area contributed by atoms with E-state index in [1.54, 1.807) is 0 Å². The summed E-state index contributed by atoms with van der Waals surface area (Å²) in [6.07, 6.45) is 0.